The maximum absolute atomic E-state index is 8.61. The molecule has 0 fully saturated rings. The third-order valence-electron chi connectivity index (χ3n) is 4.99. The van der Waals surface area contributed by atoms with Crippen LogP contribution in [0.3, 0.4) is 0 Å². The molecule has 5 rings (SSSR count). The van der Waals surface area contributed by atoms with Crippen LogP contribution in [0.25, 0.3) is 28.1 Å². The Labute approximate surface area is 182 Å². The second kappa shape index (κ2) is 7.39. The molecule has 2 N–H and O–H groups in total. The van der Waals surface area contributed by atoms with Gasteiger partial charge in [0.2, 0.25) is 0 Å². The van der Waals surface area contributed by atoms with E-state index < -0.39 is 0 Å². The van der Waals surface area contributed by atoms with Crippen LogP contribution in [0.2, 0.25) is 0 Å². The summed E-state index contributed by atoms with van der Waals surface area (Å²) in [5.74, 6) is 0. The molecule has 1 aliphatic heterocycles. The first-order valence-corrected chi connectivity index (χ1v) is 10.3. The number of aryl methyl sites for hydroxylation is 1. The molecule has 0 unspecified atom stereocenters. The second-order valence-corrected chi connectivity index (χ2v) is 8.03. The van der Waals surface area contributed by atoms with Crippen molar-refractivity contribution in [3.8, 4) is 17.1 Å². The fourth-order valence-corrected chi connectivity index (χ4v) is 3.79. The van der Waals surface area contributed by atoms with Gasteiger partial charge in [-0.15, -0.1) is 0 Å². The summed E-state index contributed by atoms with van der Waals surface area (Å²) in [6.45, 7) is 1.95. The minimum atomic E-state index is 0.394. The third kappa shape index (κ3) is 3.35. The van der Waals surface area contributed by atoms with Gasteiger partial charge in [-0.2, -0.15) is 0 Å². The van der Waals surface area contributed by atoms with Gasteiger partial charge in [0.25, 0.3) is 0 Å². The summed E-state index contributed by atoms with van der Waals surface area (Å²) >= 11 is 3.51. The van der Waals surface area contributed by atoms with Crippen molar-refractivity contribution in [1.29, 1.82) is 5.41 Å². The quantitative estimate of drug-likeness (QED) is 0.336. The van der Waals surface area contributed by atoms with Gasteiger partial charge in [0.15, 0.2) is 0 Å². The number of nitrogens with zero attached hydrogens (tertiary/aromatic N) is 3. The van der Waals surface area contributed by atoms with E-state index in [1.165, 1.54) is 0 Å². The molecule has 0 spiro atoms. The molecule has 5 nitrogen and oxygen atoms in total. The highest BCUT2D eigenvalue weighted by atomic mass is 79.9. The van der Waals surface area contributed by atoms with Crippen molar-refractivity contribution in [3.05, 3.63) is 94.5 Å². The number of anilines is 2. The number of aromatic nitrogens is 3. The smallest absolute Gasteiger partial charge is 0.0900 e. The van der Waals surface area contributed by atoms with Crippen LogP contribution in [-0.4, -0.2) is 14.5 Å². The summed E-state index contributed by atoms with van der Waals surface area (Å²) in [7, 11) is 0. The topological polar surface area (TPSA) is 66.6 Å². The number of nitrogens with one attached hydrogen (secondary N) is 2. The Bertz CT molecular complexity index is 1390. The lowest BCUT2D eigenvalue weighted by Crippen LogP contribution is -2.13. The monoisotopic (exact) mass is 455 g/mol. The average molecular weight is 456 g/mol. The van der Waals surface area contributed by atoms with E-state index in [4.69, 9.17) is 10.4 Å². The van der Waals surface area contributed by atoms with E-state index in [-0.39, 0.29) is 0 Å². The van der Waals surface area contributed by atoms with Gasteiger partial charge in [-0.1, -0.05) is 28.1 Å². The van der Waals surface area contributed by atoms with E-state index in [1.807, 2.05) is 61.5 Å². The van der Waals surface area contributed by atoms with Gasteiger partial charge in [0.05, 0.1) is 45.4 Å². The van der Waals surface area contributed by atoms with Crippen molar-refractivity contribution in [2.24, 2.45) is 0 Å². The van der Waals surface area contributed by atoms with E-state index in [2.05, 4.69) is 49.0 Å². The van der Waals surface area contributed by atoms with E-state index in [9.17, 15) is 0 Å². The highest BCUT2D eigenvalue weighted by Gasteiger charge is 2.16. The molecule has 2 aliphatic rings. The molecule has 0 saturated carbocycles. The zero-order valence-electron chi connectivity index (χ0n) is 16.2. The molecule has 0 amide bonds. The molecule has 3 aromatic rings. The average Bonchev–Trinajstić information content (AvgIpc) is 2.75. The second-order valence-electron chi connectivity index (χ2n) is 7.11. The Morgan fingerprint density at radius 1 is 0.967 bits per heavy atom. The molecule has 1 aromatic heterocycles. The van der Waals surface area contributed by atoms with Gasteiger partial charge < -0.3 is 9.88 Å². The maximum atomic E-state index is 8.61. The molecule has 6 heteroatoms. The molecule has 1 aliphatic carbocycles. The van der Waals surface area contributed by atoms with Crippen LogP contribution >= 0.6 is 15.9 Å². The van der Waals surface area contributed by atoms with Crippen LogP contribution in [0.15, 0.2) is 83.5 Å². The molecule has 30 heavy (non-hydrogen) atoms. The Balaban J connectivity index is 1.74. The number of rotatable bonds is 3. The van der Waals surface area contributed by atoms with Crippen molar-refractivity contribution in [2.45, 2.75) is 6.92 Å². The number of halogens is 1. The molecule has 0 atom stereocenters. The molecule has 146 valence electrons. The van der Waals surface area contributed by atoms with Crippen molar-refractivity contribution in [3.63, 3.8) is 0 Å². The van der Waals surface area contributed by atoms with Crippen molar-refractivity contribution >= 4 is 38.3 Å². The first-order chi connectivity index (χ1) is 14.6. The molecule has 0 bridgehead atoms. The first kappa shape index (κ1) is 18.5. The molecular weight excluding hydrogens is 438 g/mol. The molecule has 0 saturated heterocycles. The van der Waals surface area contributed by atoms with Crippen LogP contribution in [0, 0.1) is 12.3 Å². The Kier molecular flexibility index (Phi) is 4.56. The zero-order chi connectivity index (χ0) is 20.7. The number of fused-ring (bicyclic) bond motifs is 2. The van der Waals surface area contributed by atoms with E-state index >= 15 is 0 Å². The Hall–Kier alpha value is -3.51. The number of para-hydroxylation sites is 2. The molecule has 0 radical (unpaired) electrons. The zero-order valence-corrected chi connectivity index (χ0v) is 17.8. The fourth-order valence-electron chi connectivity index (χ4n) is 3.52. The number of benzene rings is 3. The molecule has 2 aromatic carbocycles. The van der Waals surface area contributed by atoms with Gasteiger partial charge in [-0.05, 0) is 67.6 Å². The summed E-state index contributed by atoms with van der Waals surface area (Å²) in [4.78, 5) is 9.19. The van der Waals surface area contributed by atoms with Crippen molar-refractivity contribution in [1.82, 2.24) is 14.5 Å². The van der Waals surface area contributed by atoms with Gasteiger partial charge >= 0.3 is 0 Å². The lowest BCUT2D eigenvalue weighted by atomic mass is 10.1. The summed E-state index contributed by atoms with van der Waals surface area (Å²) in [6.07, 6.45) is 1.77. The van der Waals surface area contributed by atoms with E-state index in [0.29, 0.717) is 11.0 Å². The van der Waals surface area contributed by atoms with E-state index in [1.54, 1.807) is 6.20 Å². The lowest BCUT2D eigenvalue weighted by Gasteiger charge is -2.20. The van der Waals surface area contributed by atoms with E-state index in [0.717, 1.165) is 44.0 Å². The summed E-state index contributed by atoms with van der Waals surface area (Å²) in [5.41, 5.74) is 7.10. The number of hydrogen-bond donors (Lipinski definition) is 2. The predicted octanol–water partition coefficient (Wildman–Crippen LogP) is 5.82. The fraction of sp³-hybridized carbons (Fsp3) is 0.0417. The normalized spacial score (nSPS) is 11.1. The standard InChI is InChI=1S/C24H18BrN5/c1-15-6-9-17(14-27-15)28-21-13-22-24(12-19(21)26)30(18-10-7-16(25)8-11-18)23-5-3-2-4-20(23)29-22/h2-14,26,28H,1H3. The van der Waals surface area contributed by atoms with Gasteiger partial charge in [0.1, 0.15) is 0 Å². The highest BCUT2D eigenvalue weighted by Crippen LogP contribution is 2.30. The maximum Gasteiger partial charge on any atom is 0.0900 e. The third-order valence-corrected chi connectivity index (χ3v) is 5.52. The van der Waals surface area contributed by atoms with Crippen LogP contribution in [-0.2, 0) is 0 Å². The van der Waals surface area contributed by atoms with Crippen molar-refractivity contribution < 1.29 is 0 Å². The summed E-state index contributed by atoms with van der Waals surface area (Å²) in [5, 5.41) is 12.3. The van der Waals surface area contributed by atoms with Gasteiger partial charge in [0, 0.05) is 15.9 Å². The molecular formula is C24H18BrN5. The SMILES string of the molecule is Cc1ccc(Nc2cc3nc4ccccc4n(-c4ccc(Br)cc4)c-3cc2=N)cn1. The van der Waals surface area contributed by atoms with Crippen LogP contribution in [0.1, 0.15) is 5.69 Å². The van der Waals surface area contributed by atoms with Crippen LogP contribution in [0.5, 0.6) is 0 Å². The predicted molar refractivity (Wildman–Crippen MR) is 124 cm³/mol. The first-order valence-electron chi connectivity index (χ1n) is 9.54. The van der Waals surface area contributed by atoms with Crippen molar-refractivity contribution in [2.75, 3.05) is 5.32 Å². The lowest BCUT2D eigenvalue weighted by molar-refractivity contribution is 1.07. The van der Waals surface area contributed by atoms with Crippen LogP contribution < -0.4 is 10.7 Å². The minimum Gasteiger partial charge on any atom is -0.352 e. The summed E-state index contributed by atoms with van der Waals surface area (Å²) in [6, 6.07) is 23.9. The minimum absolute atomic E-state index is 0.394. The van der Waals surface area contributed by atoms with Crippen LogP contribution in [0.4, 0.5) is 11.4 Å². The number of hydrogen-bond acceptors (Lipinski definition) is 4. The van der Waals surface area contributed by atoms with Gasteiger partial charge in [-0.3, -0.25) is 10.4 Å². The Morgan fingerprint density at radius 2 is 1.77 bits per heavy atom. The molecule has 2 heterocycles. The Morgan fingerprint density at radius 3 is 2.53 bits per heavy atom. The van der Waals surface area contributed by atoms with Gasteiger partial charge in [-0.25, -0.2) is 4.98 Å². The largest absolute Gasteiger partial charge is 0.352 e. The summed E-state index contributed by atoms with van der Waals surface area (Å²) < 4.78 is 3.17. The highest BCUT2D eigenvalue weighted by molar-refractivity contribution is 9.10. The number of pyridine rings is 1.